The van der Waals surface area contributed by atoms with Gasteiger partial charge in [0.15, 0.2) is 0 Å². The molecule has 0 amide bonds. The molecule has 0 aliphatic carbocycles. The lowest BCUT2D eigenvalue weighted by molar-refractivity contribution is -0.139. The van der Waals surface area contributed by atoms with Gasteiger partial charge in [0.2, 0.25) is 11.7 Å². The van der Waals surface area contributed by atoms with Gasteiger partial charge in [0.25, 0.3) is 0 Å². The quantitative estimate of drug-likeness (QED) is 0.776. The zero-order valence-corrected chi connectivity index (χ0v) is 13.0. The highest BCUT2D eigenvalue weighted by atomic mass is 35.5. The van der Waals surface area contributed by atoms with E-state index in [0.717, 1.165) is 12.0 Å². The molecule has 0 aliphatic rings. The summed E-state index contributed by atoms with van der Waals surface area (Å²) >= 11 is 5.83. The van der Waals surface area contributed by atoms with Crippen LogP contribution < -0.4 is 5.32 Å². The predicted octanol–water partition coefficient (Wildman–Crippen LogP) is 2.78. The van der Waals surface area contributed by atoms with Crippen molar-refractivity contribution in [1.29, 1.82) is 0 Å². The zero-order valence-electron chi connectivity index (χ0n) is 12.3. The number of rotatable bonds is 8. The van der Waals surface area contributed by atoms with Gasteiger partial charge in [-0.2, -0.15) is 4.98 Å². The summed E-state index contributed by atoms with van der Waals surface area (Å²) in [5.74, 6) is 0.127. The van der Waals surface area contributed by atoms with E-state index in [-0.39, 0.29) is 0 Å². The molecule has 2 rings (SSSR count). The van der Waals surface area contributed by atoms with Gasteiger partial charge in [-0.15, -0.1) is 0 Å². The smallest absolute Gasteiger partial charge is 0.320 e. The van der Waals surface area contributed by atoms with Crippen molar-refractivity contribution in [3.05, 3.63) is 35.2 Å². The Morgan fingerprint density at radius 3 is 2.77 bits per heavy atom. The van der Waals surface area contributed by atoms with Crippen molar-refractivity contribution in [2.24, 2.45) is 0 Å². The maximum atomic E-state index is 11.0. The molecule has 2 aromatic rings. The van der Waals surface area contributed by atoms with Gasteiger partial charge in [0, 0.05) is 23.6 Å². The number of hydrogen-bond donors (Lipinski definition) is 2. The van der Waals surface area contributed by atoms with E-state index >= 15 is 0 Å². The molecule has 0 saturated heterocycles. The van der Waals surface area contributed by atoms with Gasteiger partial charge in [0.05, 0.1) is 0 Å². The van der Waals surface area contributed by atoms with E-state index in [2.05, 4.69) is 15.5 Å². The standard InChI is InChI=1S/C15H18ClN3O3/c1-2-3-12(15(20)21)17-9-8-13-18-14(19-22-13)10-4-6-11(16)7-5-10/h4-7,12,17H,2-3,8-9H2,1H3,(H,20,21). The number of carboxylic acids is 1. The van der Waals surface area contributed by atoms with Crippen molar-refractivity contribution in [2.75, 3.05) is 6.54 Å². The summed E-state index contributed by atoms with van der Waals surface area (Å²) in [7, 11) is 0. The van der Waals surface area contributed by atoms with Crippen molar-refractivity contribution in [3.8, 4) is 11.4 Å². The molecule has 0 saturated carbocycles. The summed E-state index contributed by atoms with van der Waals surface area (Å²) in [5, 5.41) is 16.6. The van der Waals surface area contributed by atoms with Crippen LogP contribution in [0.4, 0.5) is 0 Å². The number of nitrogens with one attached hydrogen (secondary N) is 1. The number of hydrogen-bond acceptors (Lipinski definition) is 5. The Hall–Kier alpha value is -1.92. The molecule has 0 radical (unpaired) electrons. The molecule has 0 bridgehead atoms. The summed E-state index contributed by atoms with van der Waals surface area (Å²) in [6.45, 7) is 2.42. The Labute approximate surface area is 133 Å². The van der Waals surface area contributed by atoms with E-state index in [9.17, 15) is 4.79 Å². The topological polar surface area (TPSA) is 88.3 Å². The molecule has 0 fully saturated rings. The average Bonchev–Trinajstić information content (AvgIpc) is 2.96. The molecule has 1 unspecified atom stereocenters. The Kier molecular flexibility index (Phi) is 5.91. The fraction of sp³-hybridized carbons (Fsp3) is 0.400. The third kappa shape index (κ3) is 4.54. The van der Waals surface area contributed by atoms with Gasteiger partial charge in [-0.25, -0.2) is 0 Å². The second-order valence-electron chi connectivity index (χ2n) is 4.90. The van der Waals surface area contributed by atoms with Crippen molar-refractivity contribution < 1.29 is 14.4 Å². The summed E-state index contributed by atoms with van der Waals surface area (Å²) in [6.07, 6.45) is 1.88. The molecule has 1 aromatic heterocycles. The number of aliphatic carboxylic acids is 1. The Bertz CT molecular complexity index is 613. The van der Waals surface area contributed by atoms with Crippen molar-refractivity contribution in [2.45, 2.75) is 32.2 Å². The molecular weight excluding hydrogens is 306 g/mol. The van der Waals surface area contributed by atoms with Gasteiger partial charge < -0.3 is 14.9 Å². The van der Waals surface area contributed by atoms with Gasteiger partial charge in [-0.1, -0.05) is 30.1 Å². The lowest BCUT2D eigenvalue weighted by atomic mass is 10.1. The highest BCUT2D eigenvalue weighted by molar-refractivity contribution is 6.30. The number of halogens is 1. The van der Waals surface area contributed by atoms with Crippen LogP contribution in [0.5, 0.6) is 0 Å². The summed E-state index contributed by atoms with van der Waals surface area (Å²) in [6, 6.07) is 6.62. The molecular formula is C15H18ClN3O3. The average molecular weight is 324 g/mol. The van der Waals surface area contributed by atoms with Gasteiger partial charge in [-0.05, 0) is 30.7 Å². The van der Waals surface area contributed by atoms with E-state index in [4.69, 9.17) is 21.2 Å². The highest BCUT2D eigenvalue weighted by Crippen LogP contribution is 2.18. The summed E-state index contributed by atoms with van der Waals surface area (Å²) in [5.41, 5.74) is 0.821. The summed E-state index contributed by atoms with van der Waals surface area (Å²) < 4.78 is 5.17. The molecule has 0 spiro atoms. The van der Waals surface area contributed by atoms with Crippen molar-refractivity contribution in [3.63, 3.8) is 0 Å². The first kappa shape index (κ1) is 16.5. The minimum atomic E-state index is -0.839. The lowest BCUT2D eigenvalue weighted by Crippen LogP contribution is -2.37. The minimum Gasteiger partial charge on any atom is -0.480 e. The maximum Gasteiger partial charge on any atom is 0.320 e. The predicted molar refractivity (Wildman–Crippen MR) is 82.8 cm³/mol. The van der Waals surface area contributed by atoms with Crippen LogP contribution in [-0.4, -0.2) is 33.8 Å². The maximum absolute atomic E-state index is 11.0. The van der Waals surface area contributed by atoms with Crippen LogP contribution in [0.15, 0.2) is 28.8 Å². The molecule has 0 aliphatic heterocycles. The first-order chi connectivity index (χ1) is 10.6. The van der Waals surface area contributed by atoms with Gasteiger partial charge >= 0.3 is 5.97 Å². The molecule has 1 aromatic carbocycles. The number of nitrogens with zero attached hydrogens (tertiary/aromatic N) is 2. The second-order valence-corrected chi connectivity index (χ2v) is 5.34. The van der Waals surface area contributed by atoms with E-state index in [1.807, 2.05) is 19.1 Å². The van der Waals surface area contributed by atoms with Crippen molar-refractivity contribution >= 4 is 17.6 Å². The fourth-order valence-electron chi connectivity index (χ4n) is 2.03. The van der Waals surface area contributed by atoms with Gasteiger partial charge in [-0.3, -0.25) is 4.79 Å². The lowest BCUT2D eigenvalue weighted by Gasteiger charge is -2.11. The molecule has 118 valence electrons. The Morgan fingerprint density at radius 2 is 2.14 bits per heavy atom. The molecule has 6 nitrogen and oxygen atoms in total. The molecule has 22 heavy (non-hydrogen) atoms. The van der Waals surface area contributed by atoms with E-state index in [1.165, 1.54) is 0 Å². The Balaban J connectivity index is 1.89. The first-order valence-electron chi connectivity index (χ1n) is 7.15. The molecule has 7 heteroatoms. The largest absolute Gasteiger partial charge is 0.480 e. The third-order valence-electron chi connectivity index (χ3n) is 3.18. The van der Waals surface area contributed by atoms with Crippen LogP contribution in [0.2, 0.25) is 5.02 Å². The summed E-state index contributed by atoms with van der Waals surface area (Å²) in [4.78, 5) is 15.3. The van der Waals surface area contributed by atoms with Crippen LogP contribution in [0.1, 0.15) is 25.7 Å². The fourth-order valence-corrected chi connectivity index (χ4v) is 2.15. The van der Waals surface area contributed by atoms with Crippen LogP contribution >= 0.6 is 11.6 Å². The van der Waals surface area contributed by atoms with Crippen LogP contribution in [0.25, 0.3) is 11.4 Å². The number of carbonyl (C=O) groups is 1. The highest BCUT2D eigenvalue weighted by Gasteiger charge is 2.15. The van der Waals surface area contributed by atoms with E-state index < -0.39 is 12.0 Å². The zero-order chi connectivity index (χ0) is 15.9. The normalized spacial score (nSPS) is 12.3. The SMILES string of the molecule is CCCC(NCCc1nc(-c2ccc(Cl)cc2)no1)C(=O)O. The van der Waals surface area contributed by atoms with E-state index in [1.54, 1.807) is 12.1 Å². The third-order valence-corrected chi connectivity index (χ3v) is 3.43. The van der Waals surface area contributed by atoms with E-state index in [0.29, 0.717) is 36.1 Å². The van der Waals surface area contributed by atoms with Crippen molar-refractivity contribution in [1.82, 2.24) is 15.5 Å². The van der Waals surface area contributed by atoms with Crippen LogP contribution in [0.3, 0.4) is 0 Å². The number of benzene rings is 1. The second kappa shape index (κ2) is 7.91. The van der Waals surface area contributed by atoms with Gasteiger partial charge in [0.1, 0.15) is 6.04 Å². The minimum absolute atomic E-state index is 0.470. The first-order valence-corrected chi connectivity index (χ1v) is 7.52. The molecule has 1 atom stereocenters. The number of carboxylic acid groups (broad SMARTS) is 1. The molecule has 2 N–H and O–H groups in total. The number of aromatic nitrogens is 2. The van der Waals surface area contributed by atoms with Crippen LogP contribution in [0, 0.1) is 0 Å². The van der Waals surface area contributed by atoms with Crippen LogP contribution in [-0.2, 0) is 11.2 Å². The Morgan fingerprint density at radius 1 is 1.41 bits per heavy atom. The monoisotopic (exact) mass is 323 g/mol. The molecule has 1 heterocycles.